The van der Waals surface area contributed by atoms with E-state index >= 15 is 0 Å². The smallest absolute Gasteiger partial charge is 0.271 e. The fourth-order valence-electron chi connectivity index (χ4n) is 3.92. The summed E-state index contributed by atoms with van der Waals surface area (Å²) < 4.78 is 15.8. The number of ether oxygens (including phenoxy) is 2. The summed E-state index contributed by atoms with van der Waals surface area (Å²) in [7, 11) is 3.05. The van der Waals surface area contributed by atoms with Gasteiger partial charge in [0.1, 0.15) is 11.5 Å². The molecule has 34 heavy (non-hydrogen) atoms. The van der Waals surface area contributed by atoms with Gasteiger partial charge in [0.2, 0.25) is 17.6 Å². The lowest BCUT2D eigenvalue weighted by molar-refractivity contribution is -0.384. The highest BCUT2D eigenvalue weighted by Crippen LogP contribution is 2.30. The monoisotopic (exact) mass is 467 g/mol. The molecule has 1 amide bonds. The van der Waals surface area contributed by atoms with Crippen molar-refractivity contribution in [1.82, 2.24) is 15.0 Å². The summed E-state index contributed by atoms with van der Waals surface area (Å²) in [5.41, 5.74) is 0.975. The number of non-ortho nitro benzene ring substituents is 1. The largest absolute Gasteiger partial charge is 0.497 e. The van der Waals surface area contributed by atoms with Crippen molar-refractivity contribution in [2.45, 2.75) is 19.4 Å². The number of nitro benzene ring substituents is 1. The number of rotatable bonds is 8. The van der Waals surface area contributed by atoms with E-state index in [0.717, 1.165) is 24.3 Å². The van der Waals surface area contributed by atoms with Crippen LogP contribution in [0.4, 0.5) is 11.4 Å². The number of likely N-dealkylation sites (tertiary alicyclic amines) is 1. The van der Waals surface area contributed by atoms with Crippen molar-refractivity contribution in [3.05, 3.63) is 58.5 Å². The maximum atomic E-state index is 12.9. The molecule has 3 aromatic rings. The summed E-state index contributed by atoms with van der Waals surface area (Å²) in [6, 6.07) is 11.5. The molecule has 1 aliphatic heterocycles. The number of methoxy groups -OCH3 is 2. The first-order valence-corrected chi connectivity index (χ1v) is 10.8. The van der Waals surface area contributed by atoms with Crippen LogP contribution in [0.25, 0.3) is 11.4 Å². The molecular formula is C23H25N5O6. The maximum absolute atomic E-state index is 12.9. The summed E-state index contributed by atoms with van der Waals surface area (Å²) in [6.45, 7) is 1.72. The molecule has 0 spiro atoms. The van der Waals surface area contributed by atoms with E-state index in [2.05, 4.69) is 20.4 Å². The van der Waals surface area contributed by atoms with Gasteiger partial charge in [-0.1, -0.05) is 5.16 Å². The SMILES string of the molecule is COc1ccc(-c2noc(CN3CCCC(C(=O)Nc4cc([N+](=O)[O-])ccc4OC)C3)n2)cc1. The van der Waals surface area contributed by atoms with Gasteiger partial charge in [-0.3, -0.25) is 19.8 Å². The Morgan fingerprint density at radius 2 is 2.03 bits per heavy atom. The summed E-state index contributed by atoms with van der Waals surface area (Å²) in [4.78, 5) is 30.1. The first-order valence-electron chi connectivity index (χ1n) is 10.8. The Bertz CT molecular complexity index is 1160. The van der Waals surface area contributed by atoms with Gasteiger partial charge in [-0.05, 0) is 49.7 Å². The van der Waals surface area contributed by atoms with Crippen molar-refractivity contribution < 1.29 is 23.7 Å². The highest BCUT2D eigenvalue weighted by atomic mass is 16.6. The molecule has 1 aromatic heterocycles. The van der Waals surface area contributed by atoms with Crippen LogP contribution in [0.15, 0.2) is 47.0 Å². The van der Waals surface area contributed by atoms with Crippen LogP contribution in [0.2, 0.25) is 0 Å². The molecule has 0 aliphatic carbocycles. The molecule has 1 fully saturated rings. The Balaban J connectivity index is 1.39. The Morgan fingerprint density at radius 3 is 2.74 bits per heavy atom. The van der Waals surface area contributed by atoms with Crippen molar-refractivity contribution in [2.75, 3.05) is 32.6 Å². The zero-order valence-electron chi connectivity index (χ0n) is 18.9. The van der Waals surface area contributed by atoms with E-state index < -0.39 is 4.92 Å². The number of nitrogens with zero attached hydrogens (tertiary/aromatic N) is 4. The molecule has 1 saturated heterocycles. The van der Waals surface area contributed by atoms with Gasteiger partial charge in [-0.2, -0.15) is 4.98 Å². The number of amides is 1. The minimum Gasteiger partial charge on any atom is -0.497 e. The Hall–Kier alpha value is -3.99. The minimum atomic E-state index is -0.512. The van der Waals surface area contributed by atoms with Crippen LogP contribution < -0.4 is 14.8 Å². The second kappa shape index (κ2) is 10.3. The standard InChI is InChI=1S/C23H25N5O6/c1-32-18-8-5-15(6-9-18)22-25-21(34-26-22)14-27-11-3-4-16(13-27)23(29)24-19-12-17(28(30)31)7-10-20(19)33-2/h5-10,12,16H,3-4,11,13-14H2,1-2H3,(H,24,29). The average molecular weight is 467 g/mol. The van der Waals surface area contributed by atoms with Gasteiger partial charge < -0.3 is 19.3 Å². The quantitative estimate of drug-likeness (QED) is 0.390. The lowest BCUT2D eigenvalue weighted by atomic mass is 9.97. The van der Waals surface area contributed by atoms with Gasteiger partial charge in [-0.15, -0.1) is 0 Å². The lowest BCUT2D eigenvalue weighted by Crippen LogP contribution is -2.40. The van der Waals surface area contributed by atoms with Crippen molar-refractivity contribution in [2.24, 2.45) is 5.92 Å². The molecule has 178 valence electrons. The van der Waals surface area contributed by atoms with E-state index in [4.69, 9.17) is 14.0 Å². The third kappa shape index (κ3) is 5.31. The number of nitrogens with one attached hydrogen (secondary N) is 1. The van der Waals surface area contributed by atoms with Crippen molar-refractivity contribution in [3.8, 4) is 22.9 Å². The molecule has 11 nitrogen and oxygen atoms in total. The van der Waals surface area contributed by atoms with Crippen LogP contribution in [-0.4, -0.2) is 53.2 Å². The van der Waals surface area contributed by atoms with Crippen molar-refractivity contribution in [3.63, 3.8) is 0 Å². The Morgan fingerprint density at radius 1 is 1.24 bits per heavy atom. The number of piperidine rings is 1. The van der Waals surface area contributed by atoms with Gasteiger partial charge in [0.25, 0.3) is 5.69 Å². The minimum absolute atomic E-state index is 0.120. The van der Waals surface area contributed by atoms with Gasteiger partial charge in [0.05, 0.1) is 37.3 Å². The van der Waals surface area contributed by atoms with Gasteiger partial charge in [-0.25, -0.2) is 0 Å². The van der Waals surface area contributed by atoms with E-state index in [9.17, 15) is 14.9 Å². The molecule has 0 saturated carbocycles. The van der Waals surface area contributed by atoms with E-state index in [1.165, 1.54) is 25.3 Å². The normalized spacial score (nSPS) is 16.1. The first-order chi connectivity index (χ1) is 16.5. The number of carbonyl (C=O) groups excluding carboxylic acids is 1. The molecule has 4 rings (SSSR count). The predicted molar refractivity (Wildman–Crippen MR) is 123 cm³/mol. The molecule has 2 heterocycles. The molecule has 1 N–H and O–H groups in total. The van der Waals surface area contributed by atoms with Crippen LogP contribution in [0.3, 0.4) is 0 Å². The molecule has 1 unspecified atom stereocenters. The number of hydrogen-bond donors (Lipinski definition) is 1. The highest BCUT2D eigenvalue weighted by molar-refractivity contribution is 5.94. The van der Waals surface area contributed by atoms with Crippen LogP contribution in [0.5, 0.6) is 11.5 Å². The van der Waals surface area contributed by atoms with Crippen LogP contribution in [-0.2, 0) is 11.3 Å². The predicted octanol–water partition coefficient (Wildman–Crippen LogP) is 3.51. The van der Waals surface area contributed by atoms with Gasteiger partial charge in [0.15, 0.2) is 0 Å². The summed E-state index contributed by atoms with van der Waals surface area (Å²) >= 11 is 0. The molecular weight excluding hydrogens is 442 g/mol. The van der Waals surface area contributed by atoms with E-state index in [0.29, 0.717) is 37.0 Å². The fraction of sp³-hybridized carbons (Fsp3) is 0.348. The Labute approximate surface area is 195 Å². The molecule has 0 radical (unpaired) electrons. The summed E-state index contributed by atoms with van der Waals surface area (Å²) in [5.74, 6) is 1.56. The summed E-state index contributed by atoms with van der Waals surface area (Å²) in [6.07, 6.45) is 1.53. The van der Waals surface area contributed by atoms with Crippen molar-refractivity contribution in [1.29, 1.82) is 0 Å². The average Bonchev–Trinajstić information content (AvgIpc) is 3.32. The van der Waals surface area contributed by atoms with Gasteiger partial charge >= 0.3 is 0 Å². The van der Waals surface area contributed by atoms with E-state index in [1.54, 1.807) is 7.11 Å². The van der Waals surface area contributed by atoms with E-state index in [1.807, 2.05) is 24.3 Å². The van der Waals surface area contributed by atoms with Crippen molar-refractivity contribution >= 4 is 17.3 Å². The number of anilines is 1. The number of benzene rings is 2. The second-order valence-electron chi connectivity index (χ2n) is 7.95. The molecule has 2 aromatic carbocycles. The third-order valence-electron chi connectivity index (χ3n) is 5.70. The number of hydrogen-bond acceptors (Lipinski definition) is 9. The molecule has 0 bridgehead atoms. The molecule has 1 aliphatic rings. The van der Waals surface area contributed by atoms with Crippen LogP contribution in [0.1, 0.15) is 18.7 Å². The zero-order chi connectivity index (χ0) is 24.1. The number of nitro groups is 1. The third-order valence-corrected chi connectivity index (χ3v) is 5.70. The lowest BCUT2D eigenvalue weighted by Gasteiger charge is -2.30. The zero-order valence-corrected chi connectivity index (χ0v) is 18.9. The fourth-order valence-corrected chi connectivity index (χ4v) is 3.92. The first kappa shape index (κ1) is 23.2. The van der Waals surface area contributed by atoms with Crippen LogP contribution in [0, 0.1) is 16.0 Å². The Kier molecular flexibility index (Phi) is 7.02. The number of aromatic nitrogens is 2. The van der Waals surface area contributed by atoms with Gasteiger partial charge in [0, 0.05) is 24.2 Å². The topological polar surface area (TPSA) is 133 Å². The maximum Gasteiger partial charge on any atom is 0.271 e. The molecule has 11 heteroatoms. The number of carbonyl (C=O) groups is 1. The molecule has 1 atom stereocenters. The summed E-state index contributed by atoms with van der Waals surface area (Å²) in [5, 5.41) is 17.9. The second-order valence-corrected chi connectivity index (χ2v) is 7.95. The highest BCUT2D eigenvalue weighted by Gasteiger charge is 2.28. The van der Waals surface area contributed by atoms with Crippen LogP contribution >= 0.6 is 0 Å². The van der Waals surface area contributed by atoms with E-state index in [-0.39, 0.29) is 23.2 Å².